The summed E-state index contributed by atoms with van der Waals surface area (Å²) in [5, 5.41) is 2.86. The Morgan fingerprint density at radius 1 is 1.11 bits per heavy atom. The Morgan fingerprint density at radius 3 is 2.54 bits per heavy atom. The third kappa shape index (κ3) is 5.17. The van der Waals surface area contributed by atoms with Crippen LogP contribution >= 0.6 is 0 Å². The number of nitrogens with one attached hydrogen (secondary N) is 1. The average Bonchev–Trinajstić information content (AvgIpc) is 3.08. The Hall–Kier alpha value is -3.67. The number of pyridine rings is 1. The zero-order chi connectivity index (χ0) is 19.8. The number of allylic oxidation sites excluding steroid dienone is 1. The largest absolute Gasteiger partial charge is 0.497 e. The summed E-state index contributed by atoms with van der Waals surface area (Å²) in [5.74, 6) is 1.38. The number of imidazole rings is 1. The van der Waals surface area contributed by atoms with Gasteiger partial charge >= 0.3 is 0 Å². The maximum absolute atomic E-state index is 12.4. The Morgan fingerprint density at radius 2 is 1.86 bits per heavy atom. The number of nitrogens with zero attached hydrogens (tertiary/aromatic N) is 3. The highest BCUT2D eigenvalue weighted by Crippen LogP contribution is 2.15. The van der Waals surface area contributed by atoms with Crippen molar-refractivity contribution in [1.82, 2.24) is 14.5 Å². The smallest absolute Gasteiger partial charge is 0.244 e. The Kier molecular flexibility index (Phi) is 6.36. The van der Waals surface area contributed by atoms with Gasteiger partial charge in [0, 0.05) is 24.3 Å². The van der Waals surface area contributed by atoms with E-state index >= 15 is 0 Å². The molecule has 2 heterocycles. The van der Waals surface area contributed by atoms with Gasteiger partial charge in [-0.25, -0.2) is 4.98 Å². The molecule has 28 heavy (non-hydrogen) atoms. The van der Waals surface area contributed by atoms with E-state index in [1.807, 2.05) is 66.3 Å². The number of hydrogen-bond donors (Lipinski definition) is 1. The number of hydrogen-bond acceptors (Lipinski definition) is 4. The van der Waals surface area contributed by atoms with Crippen molar-refractivity contribution in [3.63, 3.8) is 0 Å². The molecule has 0 saturated heterocycles. The highest BCUT2D eigenvalue weighted by Gasteiger charge is 2.09. The lowest BCUT2D eigenvalue weighted by molar-refractivity contribution is -0.116. The molecule has 6 nitrogen and oxygen atoms in total. The molecule has 0 fully saturated rings. The fraction of sp³-hybridized carbons (Fsp3) is 0.136. The summed E-state index contributed by atoms with van der Waals surface area (Å²) in [7, 11) is 1.64. The minimum atomic E-state index is -0.130. The van der Waals surface area contributed by atoms with E-state index in [-0.39, 0.29) is 12.5 Å². The van der Waals surface area contributed by atoms with Crippen LogP contribution in [0.2, 0.25) is 0 Å². The zero-order valence-electron chi connectivity index (χ0n) is 15.9. The van der Waals surface area contributed by atoms with Crippen molar-refractivity contribution in [2.45, 2.75) is 13.5 Å². The first-order valence-electron chi connectivity index (χ1n) is 8.90. The standard InChI is InChI=1S/C22H22N4O2/c1-3-4-19-15-26(16-22(27)25-18-11-13-23-14-12-18)21(24-19)10-7-17-5-8-20(28-2)9-6-17/h3-15H,16H2,1-2H3,(H,23,25,27)/b4-3+,10-7+. The fourth-order valence-electron chi connectivity index (χ4n) is 2.64. The SMILES string of the molecule is C/C=C/c1cn(CC(=O)Nc2ccncc2)c(/C=C/c2ccc(OC)cc2)n1. The molecule has 0 spiro atoms. The van der Waals surface area contributed by atoms with Crippen molar-refractivity contribution in [3.8, 4) is 5.75 Å². The van der Waals surface area contributed by atoms with Gasteiger partial charge in [-0.1, -0.05) is 24.3 Å². The highest BCUT2D eigenvalue weighted by molar-refractivity contribution is 5.90. The number of carbonyl (C=O) groups is 1. The van der Waals surface area contributed by atoms with E-state index in [9.17, 15) is 4.79 Å². The molecule has 6 heteroatoms. The van der Waals surface area contributed by atoms with Crippen LogP contribution in [0.1, 0.15) is 24.0 Å². The maximum Gasteiger partial charge on any atom is 0.244 e. The van der Waals surface area contributed by atoms with Crippen LogP contribution in [-0.4, -0.2) is 27.6 Å². The normalized spacial score (nSPS) is 11.2. The van der Waals surface area contributed by atoms with Crippen LogP contribution in [0.5, 0.6) is 5.75 Å². The molecule has 0 unspecified atom stereocenters. The zero-order valence-corrected chi connectivity index (χ0v) is 15.9. The summed E-state index contributed by atoms with van der Waals surface area (Å²) in [6.45, 7) is 2.09. The third-order valence-corrected chi connectivity index (χ3v) is 3.98. The van der Waals surface area contributed by atoms with Crippen molar-refractivity contribution in [1.29, 1.82) is 0 Å². The van der Waals surface area contributed by atoms with E-state index in [2.05, 4.69) is 15.3 Å². The second-order valence-corrected chi connectivity index (χ2v) is 6.04. The van der Waals surface area contributed by atoms with E-state index in [4.69, 9.17) is 4.74 Å². The first-order chi connectivity index (χ1) is 13.7. The van der Waals surface area contributed by atoms with Crippen LogP contribution in [0.15, 0.2) is 61.1 Å². The molecule has 1 aromatic carbocycles. The van der Waals surface area contributed by atoms with Crippen LogP contribution in [0.4, 0.5) is 5.69 Å². The molecule has 1 N–H and O–H groups in total. The lowest BCUT2D eigenvalue weighted by atomic mass is 10.2. The molecule has 142 valence electrons. The molecule has 0 aliphatic rings. The van der Waals surface area contributed by atoms with Crippen molar-refractivity contribution < 1.29 is 9.53 Å². The van der Waals surface area contributed by atoms with E-state index in [0.717, 1.165) is 17.0 Å². The summed E-state index contributed by atoms with van der Waals surface area (Å²) >= 11 is 0. The van der Waals surface area contributed by atoms with Gasteiger partial charge in [0.2, 0.25) is 5.91 Å². The van der Waals surface area contributed by atoms with Gasteiger partial charge in [0.25, 0.3) is 0 Å². The topological polar surface area (TPSA) is 69.0 Å². The molecule has 3 aromatic rings. The molecule has 0 aliphatic carbocycles. The number of carbonyl (C=O) groups excluding carboxylic acids is 1. The monoisotopic (exact) mass is 374 g/mol. The van der Waals surface area contributed by atoms with E-state index in [1.165, 1.54) is 0 Å². The Balaban J connectivity index is 1.77. The number of anilines is 1. The summed E-state index contributed by atoms with van der Waals surface area (Å²) in [5.41, 5.74) is 2.53. The van der Waals surface area contributed by atoms with Gasteiger partial charge in [0.05, 0.1) is 12.8 Å². The van der Waals surface area contributed by atoms with Crippen LogP contribution in [0.3, 0.4) is 0 Å². The van der Waals surface area contributed by atoms with Gasteiger partial charge in [-0.2, -0.15) is 0 Å². The highest BCUT2D eigenvalue weighted by atomic mass is 16.5. The van der Waals surface area contributed by atoms with Crippen molar-refractivity contribution in [2.24, 2.45) is 0 Å². The first kappa shape index (κ1) is 19.1. The summed E-state index contributed by atoms with van der Waals surface area (Å²) < 4.78 is 7.00. The molecule has 3 rings (SSSR count). The molecular weight excluding hydrogens is 352 g/mol. The van der Waals surface area contributed by atoms with Crippen LogP contribution < -0.4 is 10.1 Å². The number of ether oxygens (including phenoxy) is 1. The molecule has 1 amide bonds. The Labute approximate surface area is 164 Å². The second kappa shape index (κ2) is 9.32. The summed E-state index contributed by atoms with van der Waals surface area (Å²) in [4.78, 5) is 20.9. The maximum atomic E-state index is 12.4. The molecule has 0 aliphatic heterocycles. The minimum Gasteiger partial charge on any atom is -0.497 e. The van der Waals surface area contributed by atoms with Gasteiger partial charge in [-0.15, -0.1) is 0 Å². The summed E-state index contributed by atoms with van der Waals surface area (Å²) in [6.07, 6.45) is 12.8. The van der Waals surface area contributed by atoms with Gasteiger partial charge in [0.1, 0.15) is 18.1 Å². The molecular formula is C22H22N4O2. The number of amides is 1. The second-order valence-electron chi connectivity index (χ2n) is 6.04. The van der Waals surface area contributed by atoms with Crippen LogP contribution in [0, 0.1) is 0 Å². The van der Waals surface area contributed by atoms with E-state index in [0.29, 0.717) is 11.5 Å². The van der Waals surface area contributed by atoms with E-state index < -0.39 is 0 Å². The van der Waals surface area contributed by atoms with Gasteiger partial charge in [-0.05, 0) is 48.9 Å². The quantitative estimate of drug-likeness (QED) is 0.675. The predicted octanol–water partition coefficient (Wildman–Crippen LogP) is 4.13. The number of aromatic nitrogens is 3. The predicted molar refractivity (Wildman–Crippen MR) is 112 cm³/mol. The van der Waals surface area contributed by atoms with E-state index in [1.54, 1.807) is 31.6 Å². The number of benzene rings is 1. The third-order valence-electron chi connectivity index (χ3n) is 3.98. The van der Waals surface area contributed by atoms with Crippen LogP contribution in [-0.2, 0) is 11.3 Å². The van der Waals surface area contributed by atoms with Crippen molar-refractivity contribution >= 4 is 29.8 Å². The van der Waals surface area contributed by atoms with Gasteiger partial charge in [0.15, 0.2) is 0 Å². The first-order valence-corrected chi connectivity index (χ1v) is 8.90. The van der Waals surface area contributed by atoms with Crippen molar-refractivity contribution in [2.75, 3.05) is 12.4 Å². The lowest BCUT2D eigenvalue weighted by Gasteiger charge is -2.07. The molecule has 0 radical (unpaired) electrons. The molecule has 2 aromatic heterocycles. The molecule has 0 bridgehead atoms. The molecule has 0 saturated carbocycles. The van der Waals surface area contributed by atoms with Crippen molar-refractivity contribution in [3.05, 3.63) is 78.1 Å². The minimum absolute atomic E-state index is 0.130. The number of rotatable bonds is 7. The lowest BCUT2D eigenvalue weighted by Crippen LogP contribution is -2.19. The van der Waals surface area contributed by atoms with Crippen LogP contribution in [0.25, 0.3) is 18.2 Å². The Bertz CT molecular complexity index is 974. The fourth-order valence-corrected chi connectivity index (χ4v) is 2.64. The molecule has 0 atom stereocenters. The average molecular weight is 374 g/mol. The van der Waals surface area contributed by atoms with Gasteiger partial charge in [-0.3, -0.25) is 9.78 Å². The van der Waals surface area contributed by atoms with Gasteiger partial charge < -0.3 is 14.6 Å². The number of methoxy groups -OCH3 is 1. The summed E-state index contributed by atoms with van der Waals surface area (Å²) in [6, 6.07) is 11.2.